The van der Waals surface area contributed by atoms with Crippen molar-refractivity contribution in [3.63, 3.8) is 0 Å². The lowest BCUT2D eigenvalue weighted by molar-refractivity contribution is -0.135. The third-order valence-electron chi connectivity index (χ3n) is 4.83. The first-order valence-electron chi connectivity index (χ1n) is 6.57. The first-order chi connectivity index (χ1) is 7.58. The van der Waals surface area contributed by atoms with E-state index in [-0.39, 0.29) is 17.8 Å². The van der Waals surface area contributed by atoms with Gasteiger partial charge in [0.2, 0.25) is 5.91 Å². The molecule has 1 saturated carbocycles. The number of piperidine rings is 1. The summed E-state index contributed by atoms with van der Waals surface area (Å²) >= 11 is 0. The molecule has 2 heterocycles. The van der Waals surface area contributed by atoms with E-state index in [1.165, 1.54) is 13.0 Å². The second kappa shape index (κ2) is 4.43. The molecule has 3 rings (SSSR count). The molecule has 0 bridgehead atoms. The van der Waals surface area contributed by atoms with Crippen LogP contribution < -0.4 is 5.32 Å². The monoisotopic (exact) mass is 258 g/mol. The number of nitrogens with one attached hydrogen (secondary N) is 1. The Morgan fingerprint density at radius 1 is 1.29 bits per heavy atom. The fourth-order valence-electron chi connectivity index (χ4n) is 3.34. The number of nitrogens with zero attached hydrogens (tertiary/aromatic N) is 1. The predicted molar refractivity (Wildman–Crippen MR) is 70.2 cm³/mol. The molecule has 0 aromatic carbocycles. The Morgan fingerprint density at radius 2 is 1.94 bits per heavy atom. The van der Waals surface area contributed by atoms with Crippen molar-refractivity contribution in [1.82, 2.24) is 10.2 Å². The van der Waals surface area contributed by atoms with Crippen LogP contribution in [0.5, 0.6) is 0 Å². The molecule has 2 aliphatic heterocycles. The van der Waals surface area contributed by atoms with Gasteiger partial charge in [0.15, 0.2) is 0 Å². The van der Waals surface area contributed by atoms with Gasteiger partial charge in [0.05, 0.1) is 0 Å². The summed E-state index contributed by atoms with van der Waals surface area (Å²) in [5.74, 6) is 2.30. The van der Waals surface area contributed by atoms with E-state index in [4.69, 9.17) is 0 Å². The van der Waals surface area contributed by atoms with Crippen LogP contribution in [-0.4, -0.2) is 37.0 Å². The van der Waals surface area contributed by atoms with Crippen LogP contribution in [0.2, 0.25) is 0 Å². The summed E-state index contributed by atoms with van der Waals surface area (Å²) in [6.45, 7) is 8.69. The minimum atomic E-state index is 0. The molecule has 1 amide bonds. The predicted octanol–water partition coefficient (Wildman–Crippen LogP) is 1.52. The quantitative estimate of drug-likeness (QED) is 0.774. The van der Waals surface area contributed by atoms with Crippen molar-refractivity contribution < 1.29 is 4.79 Å². The molecular formula is C13H23ClN2O. The number of hydrogen-bond donors (Lipinski definition) is 1. The second-order valence-electron chi connectivity index (χ2n) is 6.50. The first kappa shape index (κ1) is 13.2. The molecule has 3 nitrogen and oxygen atoms in total. The Balaban J connectivity index is 0.00000108. The Morgan fingerprint density at radius 3 is 2.59 bits per heavy atom. The van der Waals surface area contributed by atoms with Crippen LogP contribution in [0.25, 0.3) is 0 Å². The van der Waals surface area contributed by atoms with Crippen molar-refractivity contribution in [1.29, 1.82) is 0 Å². The van der Waals surface area contributed by atoms with E-state index in [2.05, 4.69) is 24.1 Å². The highest BCUT2D eigenvalue weighted by Gasteiger charge is 2.52. The molecular weight excluding hydrogens is 236 g/mol. The van der Waals surface area contributed by atoms with Gasteiger partial charge in [-0.15, -0.1) is 12.4 Å². The molecule has 0 aromatic rings. The Kier molecular flexibility index (Phi) is 3.43. The summed E-state index contributed by atoms with van der Waals surface area (Å²) in [5, 5.41) is 3.45. The average Bonchev–Trinajstić information content (AvgIpc) is 2.72. The lowest BCUT2D eigenvalue weighted by Crippen LogP contribution is -2.44. The van der Waals surface area contributed by atoms with Crippen molar-refractivity contribution >= 4 is 18.3 Å². The Labute approximate surface area is 110 Å². The molecule has 4 heteroatoms. The van der Waals surface area contributed by atoms with Crippen molar-refractivity contribution in [2.45, 2.75) is 26.7 Å². The van der Waals surface area contributed by atoms with Gasteiger partial charge < -0.3 is 10.2 Å². The number of hydrogen-bond acceptors (Lipinski definition) is 2. The molecule has 0 aromatic heterocycles. The van der Waals surface area contributed by atoms with Gasteiger partial charge in [0.1, 0.15) is 0 Å². The van der Waals surface area contributed by atoms with Gasteiger partial charge >= 0.3 is 0 Å². The normalized spacial score (nSPS) is 38.2. The molecule has 1 N–H and O–H groups in total. The summed E-state index contributed by atoms with van der Waals surface area (Å²) in [5.41, 5.74) is 0.280. The van der Waals surface area contributed by atoms with E-state index in [1.54, 1.807) is 0 Å². The highest BCUT2D eigenvalue weighted by molar-refractivity contribution is 5.85. The molecule has 0 spiro atoms. The minimum absolute atomic E-state index is 0. The van der Waals surface area contributed by atoms with Gasteiger partial charge in [-0.3, -0.25) is 4.79 Å². The van der Waals surface area contributed by atoms with Crippen molar-refractivity contribution in [3.8, 4) is 0 Å². The van der Waals surface area contributed by atoms with Crippen molar-refractivity contribution in [2.75, 3.05) is 26.2 Å². The van der Waals surface area contributed by atoms with E-state index in [0.717, 1.165) is 37.9 Å². The SMILES string of the molecule is CC1(C)CC1C(=O)N1CCC2CNCC2C1.Cl. The van der Waals surface area contributed by atoms with Gasteiger partial charge in [-0.2, -0.15) is 0 Å². The van der Waals surface area contributed by atoms with Crippen LogP contribution in [0.1, 0.15) is 26.7 Å². The van der Waals surface area contributed by atoms with E-state index in [9.17, 15) is 4.79 Å². The number of rotatable bonds is 1. The summed E-state index contributed by atoms with van der Waals surface area (Å²) in [6.07, 6.45) is 2.30. The summed E-state index contributed by atoms with van der Waals surface area (Å²) in [7, 11) is 0. The van der Waals surface area contributed by atoms with Gasteiger partial charge in [-0.25, -0.2) is 0 Å². The number of fused-ring (bicyclic) bond motifs is 1. The maximum absolute atomic E-state index is 12.3. The van der Waals surface area contributed by atoms with E-state index >= 15 is 0 Å². The van der Waals surface area contributed by atoms with E-state index < -0.39 is 0 Å². The molecule has 17 heavy (non-hydrogen) atoms. The smallest absolute Gasteiger partial charge is 0.226 e. The zero-order valence-electron chi connectivity index (χ0n) is 10.7. The van der Waals surface area contributed by atoms with Crippen molar-refractivity contribution in [2.24, 2.45) is 23.2 Å². The highest BCUT2D eigenvalue weighted by Crippen LogP contribution is 2.52. The minimum Gasteiger partial charge on any atom is -0.342 e. The maximum Gasteiger partial charge on any atom is 0.226 e. The lowest BCUT2D eigenvalue weighted by Gasteiger charge is -2.35. The zero-order chi connectivity index (χ0) is 11.3. The number of carbonyl (C=O) groups is 1. The highest BCUT2D eigenvalue weighted by atomic mass is 35.5. The Bertz CT molecular complexity index is 319. The third-order valence-corrected chi connectivity index (χ3v) is 4.83. The molecule has 3 unspecified atom stereocenters. The maximum atomic E-state index is 12.3. The van der Waals surface area contributed by atoms with Crippen LogP contribution in [0.3, 0.4) is 0 Å². The van der Waals surface area contributed by atoms with Crippen LogP contribution >= 0.6 is 12.4 Å². The fourth-order valence-corrected chi connectivity index (χ4v) is 3.34. The van der Waals surface area contributed by atoms with Gasteiger partial charge in [-0.1, -0.05) is 13.8 Å². The van der Waals surface area contributed by atoms with Gasteiger partial charge in [-0.05, 0) is 43.2 Å². The van der Waals surface area contributed by atoms with E-state index in [1.807, 2.05) is 0 Å². The third kappa shape index (κ3) is 2.32. The van der Waals surface area contributed by atoms with Crippen LogP contribution in [-0.2, 0) is 4.79 Å². The second-order valence-corrected chi connectivity index (χ2v) is 6.50. The number of halogens is 1. The number of amides is 1. The molecule has 3 fully saturated rings. The molecule has 2 saturated heterocycles. The van der Waals surface area contributed by atoms with Gasteiger partial charge in [0, 0.05) is 19.0 Å². The number of likely N-dealkylation sites (tertiary alicyclic amines) is 1. The average molecular weight is 259 g/mol. The van der Waals surface area contributed by atoms with E-state index in [0.29, 0.717) is 11.8 Å². The summed E-state index contributed by atoms with van der Waals surface area (Å²) < 4.78 is 0. The number of carbonyl (C=O) groups excluding carboxylic acids is 1. The largest absolute Gasteiger partial charge is 0.342 e. The first-order valence-corrected chi connectivity index (χ1v) is 6.57. The molecule has 3 atom stereocenters. The molecule has 1 aliphatic carbocycles. The molecule has 98 valence electrons. The summed E-state index contributed by atoms with van der Waals surface area (Å²) in [6, 6.07) is 0. The topological polar surface area (TPSA) is 32.3 Å². The van der Waals surface area contributed by atoms with Crippen molar-refractivity contribution in [3.05, 3.63) is 0 Å². The van der Waals surface area contributed by atoms with Crippen LogP contribution in [0.4, 0.5) is 0 Å². The lowest BCUT2D eigenvalue weighted by atomic mass is 9.88. The molecule has 3 aliphatic rings. The molecule has 0 radical (unpaired) electrons. The Hall–Kier alpha value is -0.280. The fraction of sp³-hybridized carbons (Fsp3) is 0.923. The standard InChI is InChI=1S/C13H22N2O.ClH/c1-13(2)5-11(13)12(16)15-4-3-9-6-14-7-10(9)8-15;/h9-11,14H,3-8H2,1-2H3;1H. The van der Waals surface area contributed by atoms with Crippen LogP contribution in [0.15, 0.2) is 0 Å². The summed E-state index contributed by atoms with van der Waals surface area (Å²) in [4.78, 5) is 14.4. The van der Waals surface area contributed by atoms with Crippen LogP contribution in [0, 0.1) is 23.2 Å². The van der Waals surface area contributed by atoms with Gasteiger partial charge in [0.25, 0.3) is 0 Å². The zero-order valence-corrected chi connectivity index (χ0v) is 11.6.